The molecule has 1 aromatic rings. The summed E-state index contributed by atoms with van der Waals surface area (Å²) in [5.74, 6) is 1.88. The van der Waals surface area contributed by atoms with E-state index in [9.17, 15) is 0 Å². The molecule has 18 heavy (non-hydrogen) atoms. The smallest absolute Gasteiger partial charge is 0.153 e. The zero-order valence-electron chi connectivity index (χ0n) is 10.7. The predicted octanol–water partition coefficient (Wildman–Crippen LogP) is 2.57. The van der Waals surface area contributed by atoms with Crippen molar-refractivity contribution in [3.63, 3.8) is 0 Å². The van der Waals surface area contributed by atoms with E-state index in [1.54, 1.807) is 0 Å². The number of piperidine rings is 1. The number of likely N-dealkylation sites (tertiary alicyclic amines) is 1. The number of rotatable bonds is 0. The van der Waals surface area contributed by atoms with E-state index in [1.807, 2.05) is 18.2 Å². The van der Waals surface area contributed by atoms with Crippen LogP contribution in [-0.4, -0.2) is 29.9 Å². The van der Waals surface area contributed by atoms with Gasteiger partial charge in [-0.3, -0.25) is 0 Å². The Bertz CT molecular complexity index is 478. The molecule has 0 aliphatic carbocycles. The summed E-state index contributed by atoms with van der Waals surface area (Å²) in [6.07, 6.45) is 3.84. The molecule has 1 aromatic carbocycles. The van der Waals surface area contributed by atoms with Gasteiger partial charge in [-0.05, 0) is 44.4 Å². The quantitative estimate of drug-likeness (QED) is 0.715. The molecule has 2 heterocycles. The van der Waals surface area contributed by atoms with Crippen molar-refractivity contribution in [1.29, 1.82) is 0 Å². The molecule has 1 unspecified atom stereocenters. The second-order valence-electron chi connectivity index (χ2n) is 5.00. The van der Waals surface area contributed by atoms with Crippen molar-refractivity contribution in [2.24, 2.45) is 4.99 Å². The molecular formula is C14H19N3O. The minimum atomic E-state index is 0.0271. The number of anilines is 1. The minimum Gasteiger partial charge on any atom is -0.481 e. The van der Waals surface area contributed by atoms with E-state index < -0.39 is 0 Å². The lowest BCUT2D eigenvalue weighted by atomic mass is 10.1. The van der Waals surface area contributed by atoms with Gasteiger partial charge in [0.2, 0.25) is 0 Å². The fourth-order valence-electron chi connectivity index (χ4n) is 2.63. The number of hydrogen-bond acceptors (Lipinski definition) is 4. The van der Waals surface area contributed by atoms with Crippen LogP contribution in [0.4, 0.5) is 11.4 Å². The van der Waals surface area contributed by atoms with Gasteiger partial charge in [0, 0.05) is 18.8 Å². The molecule has 0 bridgehead atoms. The van der Waals surface area contributed by atoms with E-state index in [1.165, 1.54) is 19.3 Å². The van der Waals surface area contributed by atoms with Gasteiger partial charge in [-0.25, -0.2) is 4.99 Å². The normalized spacial score (nSPS) is 23.1. The molecule has 0 saturated carbocycles. The van der Waals surface area contributed by atoms with Crippen molar-refractivity contribution in [2.75, 3.05) is 18.8 Å². The number of nitrogen functional groups attached to an aromatic ring is 1. The number of benzene rings is 1. The van der Waals surface area contributed by atoms with E-state index in [2.05, 4.69) is 11.8 Å². The fourth-order valence-corrected chi connectivity index (χ4v) is 2.63. The maximum absolute atomic E-state index is 5.92. The van der Waals surface area contributed by atoms with Crippen molar-refractivity contribution < 1.29 is 4.74 Å². The summed E-state index contributed by atoms with van der Waals surface area (Å²) in [5, 5.41) is 0. The predicted molar refractivity (Wildman–Crippen MR) is 73.5 cm³/mol. The van der Waals surface area contributed by atoms with Gasteiger partial charge in [0.25, 0.3) is 0 Å². The van der Waals surface area contributed by atoms with E-state index in [0.29, 0.717) is 0 Å². The summed E-state index contributed by atoms with van der Waals surface area (Å²) in [5.41, 5.74) is 7.39. The first-order valence-electron chi connectivity index (χ1n) is 6.64. The molecule has 1 saturated heterocycles. The van der Waals surface area contributed by atoms with Crippen molar-refractivity contribution >= 4 is 17.2 Å². The SMILES string of the molecule is CC1Oc2ccc(N)cc2N=C1N1CCCCC1. The lowest BCUT2D eigenvalue weighted by Gasteiger charge is -2.34. The molecule has 1 fully saturated rings. The van der Waals surface area contributed by atoms with Crippen LogP contribution >= 0.6 is 0 Å². The molecule has 0 aromatic heterocycles. The molecule has 3 rings (SSSR count). The van der Waals surface area contributed by atoms with Gasteiger partial charge in [-0.1, -0.05) is 0 Å². The van der Waals surface area contributed by atoms with Crippen LogP contribution in [0.3, 0.4) is 0 Å². The Balaban J connectivity index is 1.93. The number of fused-ring (bicyclic) bond motifs is 1. The molecule has 0 amide bonds. The molecule has 96 valence electrons. The highest BCUT2D eigenvalue weighted by Gasteiger charge is 2.26. The Kier molecular flexibility index (Phi) is 2.86. The van der Waals surface area contributed by atoms with Crippen LogP contribution in [0.1, 0.15) is 26.2 Å². The van der Waals surface area contributed by atoms with Crippen molar-refractivity contribution in [1.82, 2.24) is 4.90 Å². The topological polar surface area (TPSA) is 50.9 Å². The second-order valence-corrected chi connectivity index (χ2v) is 5.00. The number of nitrogens with zero attached hydrogens (tertiary/aromatic N) is 2. The van der Waals surface area contributed by atoms with Crippen LogP contribution < -0.4 is 10.5 Å². The monoisotopic (exact) mass is 245 g/mol. The summed E-state index contributed by atoms with van der Waals surface area (Å²) >= 11 is 0. The first-order valence-corrected chi connectivity index (χ1v) is 6.64. The molecule has 2 aliphatic rings. The van der Waals surface area contributed by atoms with Gasteiger partial charge in [0.05, 0.1) is 0 Å². The minimum absolute atomic E-state index is 0.0271. The molecule has 4 heteroatoms. The maximum Gasteiger partial charge on any atom is 0.153 e. The maximum atomic E-state index is 5.92. The van der Waals surface area contributed by atoms with E-state index >= 15 is 0 Å². The summed E-state index contributed by atoms with van der Waals surface area (Å²) in [6, 6.07) is 5.63. The number of ether oxygens (including phenoxy) is 1. The van der Waals surface area contributed by atoms with Gasteiger partial charge < -0.3 is 15.4 Å². The van der Waals surface area contributed by atoms with Gasteiger partial charge in [0.1, 0.15) is 17.3 Å². The third-order valence-electron chi connectivity index (χ3n) is 3.57. The third-order valence-corrected chi connectivity index (χ3v) is 3.57. The average Bonchev–Trinajstić information content (AvgIpc) is 2.39. The number of aliphatic imine (C=N–C) groups is 1. The zero-order valence-corrected chi connectivity index (χ0v) is 10.7. The van der Waals surface area contributed by atoms with Crippen LogP contribution in [0.25, 0.3) is 0 Å². The van der Waals surface area contributed by atoms with Gasteiger partial charge in [-0.15, -0.1) is 0 Å². The van der Waals surface area contributed by atoms with Crippen molar-refractivity contribution in [3.05, 3.63) is 18.2 Å². The van der Waals surface area contributed by atoms with Crippen LogP contribution in [0, 0.1) is 0 Å². The summed E-state index contributed by atoms with van der Waals surface area (Å²) in [4.78, 5) is 7.10. The van der Waals surface area contributed by atoms with Gasteiger partial charge in [0.15, 0.2) is 6.10 Å². The average molecular weight is 245 g/mol. The summed E-state index contributed by atoms with van der Waals surface area (Å²) < 4.78 is 5.92. The Morgan fingerprint density at radius 1 is 1.28 bits per heavy atom. The number of amidine groups is 1. The zero-order chi connectivity index (χ0) is 12.5. The molecule has 0 radical (unpaired) electrons. The molecular weight excluding hydrogens is 226 g/mol. The highest BCUT2D eigenvalue weighted by molar-refractivity contribution is 5.91. The summed E-state index contributed by atoms with van der Waals surface area (Å²) in [6.45, 7) is 4.24. The van der Waals surface area contributed by atoms with Gasteiger partial charge in [-0.2, -0.15) is 0 Å². The highest BCUT2D eigenvalue weighted by Crippen LogP contribution is 2.35. The van der Waals surface area contributed by atoms with Crippen molar-refractivity contribution in [2.45, 2.75) is 32.3 Å². The summed E-state index contributed by atoms with van der Waals surface area (Å²) in [7, 11) is 0. The Hall–Kier alpha value is -1.71. The van der Waals surface area contributed by atoms with E-state index in [0.717, 1.165) is 36.0 Å². The third kappa shape index (κ3) is 2.03. The second kappa shape index (κ2) is 4.52. The van der Waals surface area contributed by atoms with Crippen LogP contribution in [-0.2, 0) is 0 Å². The van der Waals surface area contributed by atoms with Crippen LogP contribution in [0.15, 0.2) is 23.2 Å². The first-order chi connectivity index (χ1) is 8.74. The van der Waals surface area contributed by atoms with Crippen molar-refractivity contribution in [3.8, 4) is 5.75 Å². The standard InChI is InChI=1S/C14H19N3O/c1-10-14(17-7-3-2-4-8-17)16-12-9-11(15)5-6-13(12)18-10/h5-6,9-10H,2-4,7-8,15H2,1H3. The first kappa shape index (κ1) is 11.4. The fraction of sp³-hybridized carbons (Fsp3) is 0.500. The van der Waals surface area contributed by atoms with E-state index in [-0.39, 0.29) is 6.10 Å². The molecule has 0 spiro atoms. The lowest BCUT2D eigenvalue weighted by molar-refractivity contribution is 0.241. The largest absolute Gasteiger partial charge is 0.481 e. The molecule has 2 aliphatic heterocycles. The Labute approximate surface area is 107 Å². The molecule has 1 atom stereocenters. The van der Waals surface area contributed by atoms with Gasteiger partial charge >= 0.3 is 0 Å². The van der Waals surface area contributed by atoms with Crippen LogP contribution in [0.2, 0.25) is 0 Å². The lowest BCUT2D eigenvalue weighted by Crippen LogP contribution is -2.44. The van der Waals surface area contributed by atoms with Crippen LogP contribution in [0.5, 0.6) is 5.75 Å². The highest BCUT2D eigenvalue weighted by atomic mass is 16.5. The van der Waals surface area contributed by atoms with E-state index in [4.69, 9.17) is 15.5 Å². The number of hydrogen-bond donors (Lipinski definition) is 1. The molecule has 2 N–H and O–H groups in total. The molecule has 4 nitrogen and oxygen atoms in total. The Morgan fingerprint density at radius 2 is 2.06 bits per heavy atom. The Morgan fingerprint density at radius 3 is 2.83 bits per heavy atom. The number of nitrogens with two attached hydrogens (primary N) is 1.